The summed E-state index contributed by atoms with van der Waals surface area (Å²) in [5, 5.41) is 3.27. The van der Waals surface area contributed by atoms with Crippen molar-refractivity contribution in [1.29, 1.82) is 0 Å². The van der Waals surface area contributed by atoms with Crippen LogP contribution in [0.25, 0.3) is 0 Å². The third-order valence-electron chi connectivity index (χ3n) is 6.86. The van der Waals surface area contributed by atoms with Gasteiger partial charge in [0.2, 0.25) is 5.91 Å². The van der Waals surface area contributed by atoms with Gasteiger partial charge in [-0.3, -0.25) is 4.79 Å². The van der Waals surface area contributed by atoms with Crippen LogP contribution < -0.4 is 10.2 Å². The third kappa shape index (κ3) is 4.87. The van der Waals surface area contributed by atoms with Gasteiger partial charge in [-0.15, -0.1) is 0 Å². The molecular formula is C23H35N3O2. The van der Waals surface area contributed by atoms with Gasteiger partial charge in [0, 0.05) is 50.5 Å². The molecule has 3 aliphatic rings. The highest BCUT2D eigenvalue weighted by molar-refractivity contribution is 5.78. The smallest absolute Gasteiger partial charge is 0.223 e. The third-order valence-corrected chi connectivity index (χ3v) is 6.86. The van der Waals surface area contributed by atoms with Gasteiger partial charge < -0.3 is 19.9 Å². The molecule has 154 valence electrons. The number of nitrogens with zero attached hydrogens (tertiary/aromatic N) is 2. The van der Waals surface area contributed by atoms with Crippen molar-refractivity contribution in [2.45, 2.75) is 45.1 Å². The van der Waals surface area contributed by atoms with E-state index >= 15 is 0 Å². The monoisotopic (exact) mass is 385 g/mol. The quantitative estimate of drug-likeness (QED) is 0.847. The van der Waals surface area contributed by atoms with Crippen LogP contribution in [0.15, 0.2) is 24.3 Å². The zero-order chi connectivity index (χ0) is 19.3. The average Bonchev–Trinajstić information content (AvgIpc) is 3.22. The van der Waals surface area contributed by atoms with Crippen molar-refractivity contribution < 1.29 is 9.53 Å². The first-order chi connectivity index (χ1) is 13.7. The van der Waals surface area contributed by atoms with E-state index in [1.54, 1.807) is 0 Å². The Bertz CT molecular complexity index is 634. The number of rotatable bonds is 5. The van der Waals surface area contributed by atoms with Gasteiger partial charge in [0.25, 0.3) is 0 Å². The molecule has 1 N–H and O–H groups in total. The lowest BCUT2D eigenvalue weighted by Gasteiger charge is -2.38. The number of anilines is 1. The summed E-state index contributed by atoms with van der Waals surface area (Å²) in [7, 11) is 0. The summed E-state index contributed by atoms with van der Waals surface area (Å²) < 4.78 is 5.48. The van der Waals surface area contributed by atoms with Crippen LogP contribution >= 0.6 is 0 Å². The Morgan fingerprint density at radius 1 is 1.04 bits per heavy atom. The minimum Gasteiger partial charge on any atom is -0.381 e. The first-order valence-corrected chi connectivity index (χ1v) is 11.1. The van der Waals surface area contributed by atoms with Crippen LogP contribution in [-0.4, -0.2) is 62.8 Å². The second kappa shape index (κ2) is 9.27. The SMILES string of the molecule is Cc1ccc(N2CC[C@@H](CNC(=O)C3CCN(C4CCOCC4)CC3)C2)cc1. The zero-order valence-corrected chi connectivity index (χ0v) is 17.2. The van der Waals surface area contributed by atoms with E-state index < -0.39 is 0 Å². The molecule has 0 aromatic heterocycles. The van der Waals surface area contributed by atoms with Gasteiger partial charge >= 0.3 is 0 Å². The molecule has 0 saturated carbocycles. The molecule has 1 amide bonds. The van der Waals surface area contributed by atoms with Crippen LogP contribution in [0.2, 0.25) is 0 Å². The molecule has 1 aromatic carbocycles. The Balaban J connectivity index is 1.17. The van der Waals surface area contributed by atoms with Crippen LogP contribution in [0.1, 0.15) is 37.7 Å². The van der Waals surface area contributed by atoms with Gasteiger partial charge in [-0.25, -0.2) is 0 Å². The lowest BCUT2D eigenvalue weighted by molar-refractivity contribution is -0.127. The first kappa shape index (κ1) is 19.7. The van der Waals surface area contributed by atoms with E-state index in [-0.39, 0.29) is 11.8 Å². The van der Waals surface area contributed by atoms with Gasteiger partial charge in [0.15, 0.2) is 0 Å². The van der Waals surface area contributed by atoms with E-state index in [0.29, 0.717) is 12.0 Å². The molecule has 3 heterocycles. The van der Waals surface area contributed by atoms with Gasteiger partial charge in [-0.2, -0.15) is 0 Å². The van der Waals surface area contributed by atoms with E-state index in [1.807, 2.05) is 0 Å². The number of carbonyl (C=O) groups excluding carboxylic acids is 1. The van der Waals surface area contributed by atoms with Crippen molar-refractivity contribution in [3.05, 3.63) is 29.8 Å². The van der Waals surface area contributed by atoms with Crippen LogP contribution in [-0.2, 0) is 9.53 Å². The van der Waals surface area contributed by atoms with Crippen molar-refractivity contribution >= 4 is 11.6 Å². The number of ether oxygens (including phenoxy) is 1. The average molecular weight is 386 g/mol. The van der Waals surface area contributed by atoms with Crippen molar-refractivity contribution in [2.75, 3.05) is 50.8 Å². The Hall–Kier alpha value is -1.59. The van der Waals surface area contributed by atoms with E-state index in [9.17, 15) is 4.79 Å². The van der Waals surface area contributed by atoms with Crippen molar-refractivity contribution in [1.82, 2.24) is 10.2 Å². The highest BCUT2D eigenvalue weighted by atomic mass is 16.5. The standard InChI is InChI=1S/C23H35N3O2/c1-18-2-4-21(5-3-18)26-11-6-19(17-26)16-24-23(27)20-7-12-25(13-8-20)22-9-14-28-15-10-22/h2-5,19-20,22H,6-17H2,1H3,(H,24,27)/t19-/m0/s1. The van der Waals surface area contributed by atoms with Crippen LogP contribution in [0.5, 0.6) is 0 Å². The Kier molecular flexibility index (Phi) is 6.53. The van der Waals surface area contributed by atoms with Gasteiger partial charge in [-0.1, -0.05) is 17.7 Å². The predicted octanol–water partition coefficient (Wildman–Crippen LogP) is 2.83. The molecule has 0 bridgehead atoms. The molecule has 1 aromatic rings. The number of hydrogen-bond acceptors (Lipinski definition) is 4. The fraction of sp³-hybridized carbons (Fsp3) is 0.696. The Labute approximate surface area is 169 Å². The number of piperidine rings is 1. The first-order valence-electron chi connectivity index (χ1n) is 11.1. The summed E-state index contributed by atoms with van der Waals surface area (Å²) in [5.74, 6) is 1.04. The maximum Gasteiger partial charge on any atom is 0.223 e. The molecule has 3 fully saturated rings. The van der Waals surface area contributed by atoms with E-state index in [2.05, 4.69) is 46.3 Å². The zero-order valence-electron chi connectivity index (χ0n) is 17.2. The molecular weight excluding hydrogens is 350 g/mol. The number of hydrogen-bond donors (Lipinski definition) is 1. The fourth-order valence-corrected chi connectivity index (χ4v) is 4.96. The number of benzene rings is 1. The van der Waals surface area contributed by atoms with Crippen molar-refractivity contribution in [3.8, 4) is 0 Å². The summed E-state index contributed by atoms with van der Waals surface area (Å²) in [6, 6.07) is 9.45. The maximum atomic E-state index is 12.7. The molecule has 0 unspecified atom stereocenters. The van der Waals surface area contributed by atoms with Gasteiger partial charge in [-0.05, 0) is 70.2 Å². The minimum absolute atomic E-state index is 0.200. The molecule has 3 aliphatic heterocycles. The molecule has 0 spiro atoms. The maximum absolute atomic E-state index is 12.7. The largest absolute Gasteiger partial charge is 0.381 e. The van der Waals surface area contributed by atoms with Crippen molar-refractivity contribution in [2.24, 2.45) is 11.8 Å². The van der Waals surface area contributed by atoms with Crippen molar-refractivity contribution in [3.63, 3.8) is 0 Å². The molecule has 0 aliphatic carbocycles. The minimum atomic E-state index is 0.200. The number of nitrogens with one attached hydrogen (secondary N) is 1. The van der Waals surface area contributed by atoms with Crippen LogP contribution in [0, 0.1) is 18.8 Å². The summed E-state index contributed by atoms with van der Waals surface area (Å²) in [6.07, 6.45) is 5.47. The summed E-state index contributed by atoms with van der Waals surface area (Å²) in [4.78, 5) is 17.7. The second-order valence-electron chi connectivity index (χ2n) is 8.84. The van der Waals surface area contributed by atoms with E-state index in [4.69, 9.17) is 4.74 Å². The highest BCUT2D eigenvalue weighted by Gasteiger charge is 2.30. The number of amides is 1. The molecule has 4 rings (SSSR count). The van der Waals surface area contributed by atoms with Gasteiger partial charge in [0.1, 0.15) is 0 Å². The lowest BCUT2D eigenvalue weighted by atomic mass is 9.93. The summed E-state index contributed by atoms with van der Waals surface area (Å²) >= 11 is 0. The van der Waals surface area contributed by atoms with E-state index in [1.165, 1.54) is 11.3 Å². The molecule has 3 saturated heterocycles. The lowest BCUT2D eigenvalue weighted by Crippen LogP contribution is -2.47. The van der Waals surface area contributed by atoms with Crippen LogP contribution in [0.3, 0.4) is 0 Å². The van der Waals surface area contributed by atoms with Gasteiger partial charge in [0.05, 0.1) is 0 Å². The molecule has 1 atom stereocenters. The number of aryl methyl sites for hydroxylation is 1. The molecule has 5 nitrogen and oxygen atoms in total. The molecule has 5 heteroatoms. The van der Waals surface area contributed by atoms with Crippen LogP contribution in [0.4, 0.5) is 5.69 Å². The summed E-state index contributed by atoms with van der Waals surface area (Å²) in [6.45, 7) is 9.00. The highest BCUT2D eigenvalue weighted by Crippen LogP contribution is 2.25. The second-order valence-corrected chi connectivity index (χ2v) is 8.84. The number of carbonyl (C=O) groups is 1. The summed E-state index contributed by atoms with van der Waals surface area (Å²) in [5.41, 5.74) is 2.61. The fourth-order valence-electron chi connectivity index (χ4n) is 4.96. The molecule has 0 radical (unpaired) electrons. The number of likely N-dealkylation sites (tertiary alicyclic amines) is 1. The Morgan fingerprint density at radius 2 is 1.75 bits per heavy atom. The molecule has 28 heavy (non-hydrogen) atoms. The Morgan fingerprint density at radius 3 is 2.46 bits per heavy atom. The normalized spacial score (nSPS) is 25.2. The topological polar surface area (TPSA) is 44.8 Å². The predicted molar refractivity (Wildman–Crippen MR) is 113 cm³/mol. The van der Waals surface area contributed by atoms with E-state index in [0.717, 1.165) is 78.0 Å².